The van der Waals surface area contributed by atoms with E-state index in [4.69, 9.17) is 9.57 Å². The van der Waals surface area contributed by atoms with E-state index < -0.39 is 6.04 Å². The lowest BCUT2D eigenvalue weighted by Crippen LogP contribution is -2.50. The molecule has 1 unspecified atom stereocenters. The number of rotatable bonds is 7. The molecule has 0 fully saturated rings. The van der Waals surface area contributed by atoms with Crippen LogP contribution in [0.15, 0.2) is 24.3 Å². The fourth-order valence-electron chi connectivity index (χ4n) is 1.95. The molecule has 6 nitrogen and oxygen atoms in total. The first-order valence-electron chi connectivity index (χ1n) is 7.26. The van der Waals surface area contributed by atoms with Crippen molar-refractivity contribution in [1.29, 1.82) is 0 Å². The molecule has 6 heteroatoms. The smallest absolute Gasteiger partial charge is 0.268 e. The van der Waals surface area contributed by atoms with Crippen molar-refractivity contribution in [2.75, 3.05) is 20.8 Å². The Bertz CT molecular complexity index is 517. The van der Waals surface area contributed by atoms with E-state index in [1.54, 1.807) is 24.3 Å². The number of carbonyl (C=O) groups excluding carboxylic acids is 2. The van der Waals surface area contributed by atoms with Gasteiger partial charge in [-0.25, -0.2) is 5.06 Å². The summed E-state index contributed by atoms with van der Waals surface area (Å²) < 4.78 is 5.45. The van der Waals surface area contributed by atoms with Crippen molar-refractivity contribution in [2.24, 2.45) is 5.92 Å². The third-order valence-electron chi connectivity index (χ3n) is 3.24. The highest BCUT2D eigenvalue weighted by Gasteiger charge is 2.28. The summed E-state index contributed by atoms with van der Waals surface area (Å²) in [5.41, 5.74) is 0.405. The van der Waals surface area contributed by atoms with E-state index in [2.05, 4.69) is 5.32 Å². The molecule has 2 amide bonds. The van der Waals surface area contributed by atoms with Crippen molar-refractivity contribution in [1.82, 2.24) is 10.4 Å². The summed E-state index contributed by atoms with van der Waals surface area (Å²) >= 11 is 0. The quantitative estimate of drug-likeness (QED) is 0.781. The molecule has 0 aliphatic rings. The van der Waals surface area contributed by atoms with Gasteiger partial charge in [-0.1, -0.05) is 26.0 Å². The molecule has 122 valence electrons. The fraction of sp³-hybridized carbons (Fsp3) is 0.500. The Morgan fingerprint density at radius 3 is 2.45 bits per heavy atom. The number of carbonyl (C=O) groups is 2. The topological polar surface area (TPSA) is 67.9 Å². The summed E-state index contributed by atoms with van der Waals surface area (Å²) in [6.07, 6.45) is 0. The highest BCUT2D eigenvalue weighted by Crippen LogP contribution is 2.18. The summed E-state index contributed by atoms with van der Waals surface area (Å²) in [5, 5.41) is 3.87. The number of hydroxylamine groups is 2. The van der Waals surface area contributed by atoms with Gasteiger partial charge in [0.15, 0.2) is 0 Å². The molecular formula is C16H24N2O4. The highest BCUT2D eigenvalue weighted by atomic mass is 16.7. The number of likely N-dealkylation sites (N-methyl/N-ethyl adjacent to an activating group) is 1. The van der Waals surface area contributed by atoms with Gasteiger partial charge in [-0.2, -0.15) is 0 Å². The third-order valence-corrected chi connectivity index (χ3v) is 3.24. The summed E-state index contributed by atoms with van der Waals surface area (Å²) in [5.74, 6) is -0.230. The van der Waals surface area contributed by atoms with Crippen LogP contribution in [0.1, 0.15) is 31.1 Å². The van der Waals surface area contributed by atoms with Gasteiger partial charge in [0.2, 0.25) is 0 Å². The van der Waals surface area contributed by atoms with Crippen LogP contribution in [-0.2, 0) is 9.63 Å². The summed E-state index contributed by atoms with van der Waals surface area (Å²) in [4.78, 5) is 29.6. The third kappa shape index (κ3) is 4.46. The summed E-state index contributed by atoms with van der Waals surface area (Å²) in [7, 11) is 2.92. The van der Waals surface area contributed by atoms with Gasteiger partial charge in [-0.15, -0.1) is 0 Å². The predicted octanol–water partition coefficient (Wildman–Crippen LogP) is 1.86. The Morgan fingerprint density at radius 2 is 1.91 bits per heavy atom. The van der Waals surface area contributed by atoms with Crippen LogP contribution in [-0.4, -0.2) is 43.7 Å². The standard InChI is InChI=1S/C16H24N2O4/c1-6-22-13-10-8-7-9-12(13)15(19)17-14(11(2)3)16(20)18(4)21-5/h7-11,14H,6H2,1-5H3,(H,17,19). The van der Waals surface area contributed by atoms with Gasteiger partial charge in [0.25, 0.3) is 11.8 Å². The number of hydrogen-bond acceptors (Lipinski definition) is 4. The molecule has 1 atom stereocenters. The van der Waals surface area contributed by atoms with Crippen LogP contribution in [0.2, 0.25) is 0 Å². The Kier molecular flexibility index (Phi) is 6.85. The minimum absolute atomic E-state index is 0.0756. The van der Waals surface area contributed by atoms with Crippen molar-refractivity contribution in [3.63, 3.8) is 0 Å². The molecule has 1 aromatic carbocycles. The average molecular weight is 308 g/mol. The molecule has 0 heterocycles. The van der Waals surface area contributed by atoms with Crippen LogP contribution < -0.4 is 10.1 Å². The first kappa shape index (κ1) is 18.0. The second kappa shape index (κ2) is 8.38. The lowest BCUT2D eigenvalue weighted by molar-refractivity contribution is -0.171. The maximum Gasteiger partial charge on any atom is 0.268 e. The highest BCUT2D eigenvalue weighted by molar-refractivity contribution is 5.99. The molecule has 1 aromatic rings. The van der Waals surface area contributed by atoms with E-state index in [0.29, 0.717) is 17.9 Å². The number of nitrogens with one attached hydrogen (secondary N) is 1. The zero-order valence-corrected chi connectivity index (χ0v) is 13.8. The minimum atomic E-state index is -0.674. The van der Waals surface area contributed by atoms with Crippen LogP contribution in [0.25, 0.3) is 0 Å². The van der Waals surface area contributed by atoms with E-state index in [9.17, 15) is 9.59 Å². The molecule has 0 aromatic heterocycles. The van der Waals surface area contributed by atoms with Gasteiger partial charge in [-0.05, 0) is 25.0 Å². The number of nitrogens with zero attached hydrogens (tertiary/aromatic N) is 1. The second-order valence-electron chi connectivity index (χ2n) is 5.14. The number of amides is 2. The van der Waals surface area contributed by atoms with Gasteiger partial charge in [0.1, 0.15) is 11.8 Å². The molecule has 1 N–H and O–H groups in total. The molecule has 0 aliphatic carbocycles. The van der Waals surface area contributed by atoms with E-state index >= 15 is 0 Å². The largest absolute Gasteiger partial charge is 0.493 e. The first-order valence-corrected chi connectivity index (χ1v) is 7.26. The van der Waals surface area contributed by atoms with E-state index in [1.165, 1.54) is 14.2 Å². The lowest BCUT2D eigenvalue weighted by Gasteiger charge is -2.25. The molecule has 0 radical (unpaired) electrons. The molecule has 0 aliphatic heterocycles. The Labute approximate surface area is 131 Å². The lowest BCUT2D eigenvalue weighted by atomic mass is 10.0. The zero-order chi connectivity index (χ0) is 16.7. The number of ether oxygens (including phenoxy) is 1. The van der Waals surface area contributed by atoms with Crippen molar-refractivity contribution in [3.05, 3.63) is 29.8 Å². The molecule has 0 saturated carbocycles. The first-order chi connectivity index (χ1) is 10.4. The Morgan fingerprint density at radius 1 is 1.27 bits per heavy atom. The molecule has 1 rings (SSSR count). The van der Waals surface area contributed by atoms with Crippen LogP contribution in [0.4, 0.5) is 0 Å². The number of hydrogen-bond donors (Lipinski definition) is 1. The van der Waals surface area contributed by atoms with Gasteiger partial charge in [0.05, 0.1) is 19.3 Å². The predicted molar refractivity (Wildman–Crippen MR) is 83.5 cm³/mol. The van der Waals surface area contributed by atoms with E-state index in [-0.39, 0.29) is 17.7 Å². The average Bonchev–Trinajstić information content (AvgIpc) is 2.51. The van der Waals surface area contributed by atoms with Gasteiger partial charge < -0.3 is 10.1 Å². The van der Waals surface area contributed by atoms with Crippen LogP contribution in [0.3, 0.4) is 0 Å². The van der Waals surface area contributed by atoms with Crippen molar-refractivity contribution in [3.8, 4) is 5.75 Å². The van der Waals surface area contributed by atoms with E-state index in [1.807, 2.05) is 20.8 Å². The minimum Gasteiger partial charge on any atom is -0.493 e. The van der Waals surface area contributed by atoms with Gasteiger partial charge in [-0.3, -0.25) is 14.4 Å². The second-order valence-corrected chi connectivity index (χ2v) is 5.14. The monoisotopic (exact) mass is 308 g/mol. The molecule has 0 saturated heterocycles. The van der Waals surface area contributed by atoms with Gasteiger partial charge >= 0.3 is 0 Å². The SMILES string of the molecule is CCOc1ccccc1C(=O)NC(C(=O)N(C)OC)C(C)C. The molecule has 22 heavy (non-hydrogen) atoms. The summed E-state index contributed by atoms with van der Waals surface area (Å²) in [6.45, 7) is 6.04. The van der Waals surface area contributed by atoms with Gasteiger partial charge in [0, 0.05) is 7.05 Å². The Balaban J connectivity index is 2.95. The van der Waals surface area contributed by atoms with Crippen LogP contribution >= 0.6 is 0 Å². The van der Waals surface area contributed by atoms with Crippen LogP contribution in [0, 0.1) is 5.92 Å². The Hall–Kier alpha value is -2.08. The van der Waals surface area contributed by atoms with Crippen molar-refractivity contribution in [2.45, 2.75) is 26.8 Å². The van der Waals surface area contributed by atoms with Crippen LogP contribution in [0.5, 0.6) is 5.75 Å². The zero-order valence-electron chi connectivity index (χ0n) is 13.8. The molecule has 0 bridgehead atoms. The normalized spacial score (nSPS) is 11.9. The number of para-hydroxylation sites is 1. The van der Waals surface area contributed by atoms with Crippen molar-refractivity contribution < 1.29 is 19.2 Å². The fourth-order valence-corrected chi connectivity index (χ4v) is 1.95. The number of benzene rings is 1. The maximum atomic E-state index is 12.5. The van der Waals surface area contributed by atoms with Crippen molar-refractivity contribution >= 4 is 11.8 Å². The summed E-state index contributed by atoms with van der Waals surface area (Å²) in [6, 6.07) is 6.28. The maximum absolute atomic E-state index is 12.5. The molecule has 0 spiro atoms. The van der Waals surface area contributed by atoms with E-state index in [0.717, 1.165) is 5.06 Å². The molecular weight excluding hydrogens is 284 g/mol.